The summed E-state index contributed by atoms with van der Waals surface area (Å²) >= 11 is 3.13. The molecular formula is C9H12BrFN2. The number of rotatable bonds is 3. The third kappa shape index (κ3) is 2.49. The smallest absolute Gasteiger partial charge is 0.137 e. The normalized spacial score (nSPS) is 12.9. The molecule has 0 heterocycles. The highest BCUT2D eigenvalue weighted by molar-refractivity contribution is 9.10. The lowest BCUT2D eigenvalue weighted by atomic mass is 10.1. The Balaban J connectivity index is 2.95. The molecule has 0 aromatic heterocycles. The van der Waals surface area contributed by atoms with Gasteiger partial charge in [0.25, 0.3) is 0 Å². The molecule has 0 spiro atoms. The molecule has 13 heavy (non-hydrogen) atoms. The third-order valence-corrected chi connectivity index (χ3v) is 2.56. The van der Waals surface area contributed by atoms with E-state index in [1.54, 1.807) is 12.1 Å². The van der Waals surface area contributed by atoms with E-state index in [4.69, 9.17) is 5.84 Å². The molecule has 0 saturated heterocycles. The topological polar surface area (TPSA) is 38.0 Å². The molecular weight excluding hydrogens is 235 g/mol. The summed E-state index contributed by atoms with van der Waals surface area (Å²) in [5.41, 5.74) is 3.66. The van der Waals surface area contributed by atoms with E-state index in [-0.39, 0.29) is 11.9 Å². The molecule has 3 N–H and O–H groups in total. The van der Waals surface area contributed by atoms with Crippen molar-refractivity contribution in [1.29, 1.82) is 0 Å². The maximum Gasteiger partial charge on any atom is 0.137 e. The van der Waals surface area contributed by atoms with Crippen molar-refractivity contribution in [1.82, 2.24) is 5.43 Å². The van der Waals surface area contributed by atoms with Gasteiger partial charge in [0.2, 0.25) is 0 Å². The van der Waals surface area contributed by atoms with Crippen LogP contribution in [0.25, 0.3) is 0 Å². The molecule has 0 aliphatic heterocycles. The van der Waals surface area contributed by atoms with Crippen molar-refractivity contribution in [2.24, 2.45) is 5.84 Å². The zero-order valence-electron chi connectivity index (χ0n) is 7.35. The van der Waals surface area contributed by atoms with Gasteiger partial charge in [-0.15, -0.1) is 0 Å². The maximum absolute atomic E-state index is 12.9. The van der Waals surface area contributed by atoms with E-state index in [2.05, 4.69) is 21.4 Å². The summed E-state index contributed by atoms with van der Waals surface area (Å²) in [6.07, 6.45) is 0.870. The van der Waals surface area contributed by atoms with E-state index in [0.29, 0.717) is 4.47 Å². The minimum atomic E-state index is -0.254. The second-order valence-electron chi connectivity index (χ2n) is 2.80. The standard InChI is InChI=1S/C9H12BrFN2/c1-2-9(13-12)6-3-4-8(11)7(10)5-6/h3-5,9,13H,2,12H2,1H3. The molecule has 4 heteroatoms. The van der Waals surface area contributed by atoms with E-state index in [1.165, 1.54) is 6.07 Å². The zero-order valence-corrected chi connectivity index (χ0v) is 8.94. The van der Waals surface area contributed by atoms with Gasteiger partial charge in [-0.25, -0.2) is 4.39 Å². The third-order valence-electron chi connectivity index (χ3n) is 1.96. The minimum Gasteiger partial charge on any atom is -0.271 e. The molecule has 2 nitrogen and oxygen atoms in total. The second kappa shape index (κ2) is 4.69. The van der Waals surface area contributed by atoms with Crippen LogP contribution in [-0.4, -0.2) is 0 Å². The fraction of sp³-hybridized carbons (Fsp3) is 0.333. The van der Waals surface area contributed by atoms with Crippen LogP contribution >= 0.6 is 15.9 Å². The van der Waals surface area contributed by atoms with Crippen LogP contribution in [0.5, 0.6) is 0 Å². The van der Waals surface area contributed by atoms with Gasteiger partial charge in [-0.1, -0.05) is 13.0 Å². The Kier molecular flexibility index (Phi) is 3.84. The maximum atomic E-state index is 12.9. The molecule has 0 aliphatic rings. The molecule has 1 aromatic carbocycles. The first-order valence-corrected chi connectivity index (χ1v) is 4.89. The summed E-state index contributed by atoms with van der Waals surface area (Å²) < 4.78 is 13.3. The summed E-state index contributed by atoms with van der Waals surface area (Å²) in [5.74, 6) is 5.09. The van der Waals surface area contributed by atoms with E-state index >= 15 is 0 Å². The predicted octanol–water partition coefficient (Wildman–Crippen LogP) is 2.50. The highest BCUT2D eigenvalue weighted by Crippen LogP contribution is 2.22. The van der Waals surface area contributed by atoms with E-state index in [1.807, 2.05) is 6.92 Å². The summed E-state index contributed by atoms with van der Waals surface area (Å²) in [6.45, 7) is 2.02. The van der Waals surface area contributed by atoms with Crippen LogP contribution in [0.15, 0.2) is 22.7 Å². The molecule has 1 rings (SSSR count). The monoisotopic (exact) mass is 246 g/mol. The lowest BCUT2D eigenvalue weighted by Gasteiger charge is -2.13. The van der Waals surface area contributed by atoms with Gasteiger partial charge < -0.3 is 0 Å². The Labute approximate surface area is 85.4 Å². The SMILES string of the molecule is CCC(NN)c1ccc(F)c(Br)c1. The summed E-state index contributed by atoms with van der Waals surface area (Å²) in [6, 6.07) is 4.98. The van der Waals surface area contributed by atoms with Gasteiger partial charge >= 0.3 is 0 Å². The number of hydrazine groups is 1. The first-order valence-electron chi connectivity index (χ1n) is 4.10. The van der Waals surface area contributed by atoms with Gasteiger partial charge in [0.15, 0.2) is 0 Å². The zero-order chi connectivity index (χ0) is 9.84. The first kappa shape index (κ1) is 10.6. The Morgan fingerprint density at radius 2 is 2.31 bits per heavy atom. The molecule has 0 aliphatic carbocycles. The van der Waals surface area contributed by atoms with Gasteiger partial charge in [0.1, 0.15) is 5.82 Å². The molecule has 0 saturated carbocycles. The van der Waals surface area contributed by atoms with Gasteiger partial charge in [0.05, 0.1) is 4.47 Å². The number of nitrogens with one attached hydrogen (secondary N) is 1. The van der Waals surface area contributed by atoms with Crippen LogP contribution in [0.1, 0.15) is 24.9 Å². The Bertz CT molecular complexity index is 287. The largest absolute Gasteiger partial charge is 0.271 e. The fourth-order valence-corrected chi connectivity index (χ4v) is 1.58. The minimum absolute atomic E-state index is 0.0805. The Morgan fingerprint density at radius 1 is 1.62 bits per heavy atom. The first-order chi connectivity index (χ1) is 6.19. The summed E-state index contributed by atoms with van der Waals surface area (Å²) in [4.78, 5) is 0. The quantitative estimate of drug-likeness (QED) is 0.636. The average Bonchev–Trinajstić information content (AvgIpc) is 2.13. The molecule has 1 unspecified atom stereocenters. The van der Waals surface area contributed by atoms with E-state index in [9.17, 15) is 4.39 Å². The Hall–Kier alpha value is -0.450. The second-order valence-corrected chi connectivity index (χ2v) is 3.66. The molecule has 1 aromatic rings. The van der Waals surface area contributed by atoms with Gasteiger partial charge in [-0.3, -0.25) is 11.3 Å². The van der Waals surface area contributed by atoms with Crippen LogP contribution in [0.2, 0.25) is 0 Å². The van der Waals surface area contributed by atoms with Crippen molar-refractivity contribution in [3.63, 3.8) is 0 Å². The van der Waals surface area contributed by atoms with Gasteiger partial charge in [-0.2, -0.15) is 0 Å². The van der Waals surface area contributed by atoms with Crippen molar-refractivity contribution < 1.29 is 4.39 Å². The van der Waals surface area contributed by atoms with Crippen molar-refractivity contribution in [2.45, 2.75) is 19.4 Å². The van der Waals surface area contributed by atoms with Gasteiger partial charge in [0, 0.05) is 6.04 Å². The van der Waals surface area contributed by atoms with Crippen LogP contribution in [-0.2, 0) is 0 Å². The average molecular weight is 247 g/mol. The van der Waals surface area contributed by atoms with Crippen molar-refractivity contribution in [3.8, 4) is 0 Å². The highest BCUT2D eigenvalue weighted by atomic mass is 79.9. The lowest BCUT2D eigenvalue weighted by molar-refractivity contribution is 0.536. The van der Waals surface area contributed by atoms with E-state index in [0.717, 1.165) is 12.0 Å². The van der Waals surface area contributed by atoms with Gasteiger partial charge in [-0.05, 0) is 40.0 Å². The molecule has 1 atom stereocenters. The summed E-state index contributed by atoms with van der Waals surface area (Å²) in [5, 5.41) is 0. The molecule has 0 fully saturated rings. The number of halogens is 2. The number of hydrogen-bond donors (Lipinski definition) is 2. The van der Waals surface area contributed by atoms with E-state index < -0.39 is 0 Å². The Morgan fingerprint density at radius 3 is 2.77 bits per heavy atom. The van der Waals surface area contributed by atoms with Crippen molar-refractivity contribution >= 4 is 15.9 Å². The molecule has 0 amide bonds. The molecule has 0 bridgehead atoms. The number of benzene rings is 1. The number of nitrogens with two attached hydrogens (primary N) is 1. The fourth-order valence-electron chi connectivity index (χ4n) is 1.18. The predicted molar refractivity (Wildman–Crippen MR) is 54.5 cm³/mol. The number of hydrogen-bond acceptors (Lipinski definition) is 2. The summed E-state index contributed by atoms with van der Waals surface area (Å²) in [7, 11) is 0. The molecule has 0 radical (unpaired) electrons. The lowest BCUT2D eigenvalue weighted by Crippen LogP contribution is -2.27. The van der Waals surface area contributed by atoms with Crippen molar-refractivity contribution in [3.05, 3.63) is 34.1 Å². The van der Waals surface area contributed by atoms with Crippen LogP contribution < -0.4 is 11.3 Å². The van der Waals surface area contributed by atoms with Crippen LogP contribution in [0.4, 0.5) is 4.39 Å². The molecule has 72 valence electrons. The highest BCUT2D eigenvalue weighted by Gasteiger charge is 2.08. The van der Waals surface area contributed by atoms with Crippen LogP contribution in [0.3, 0.4) is 0 Å². The van der Waals surface area contributed by atoms with Crippen molar-refractivity contribution in [2.75, 3.05) is 0 Å². The van der Waals surface area contributed by atoms with Crippen LogP contribution in [0, 0.1) is 5.82 Å².